The van der Waals surface area contributed by atoms with E-state index < -0.39 is 0 Å². The minimum Gasteiger partial charge on any atom is -0.262 e. The molecule has 0 N–H and O–H groups in total. The summed E-state index contributed by atoms with van der Waals surface area (Å²) < 4.78 is 0. The Morgan fingerprint density at radius 1 is 1.56 bits per heavy atom. The van der Waals surface area contributed by atoms with Crippen molar-refractivity contribution in [3.05, 3.63) is 11.8 Å². The molecule has 1 unspecified atom stereocenters. The zero-order valence-corrected chi connectivity index (χ0v) is 7.46. The van der Waals surface area contributed by atoms with Crippen LogP contribution in [0.3, 0.4) is 0 Å². The molecule has 1 atom stereocenters. The number of nitrogens with zero attached hydrogens (tertiary/aromatic N) is 1. The van der Waals surface area contributed by atoms with Crippen LogP contribution in [0.5, 0.6) is 0 Å². The van der Waals surface area contributed by atoms with Crippen LogP contribution < -0.4 is 0 Å². The summed E-state index contributed by atoms with van der Waals surface area (Å²) >= 11 is 0. The standard InChI is InChI=1S/C7H14NP/c1-4-7(9)8-5-6(2)3/h5H,4,9H2,1-3H3. The van der Waals surface area contributed by atoms with Gasteiger partial charge in [0.15, 0.2) is 0 Å². The van der Waals surface area contributed by atoms with Crippen LogP contribution in [0.1, 0.15) is 27.2 Å². The number of aliphatic imine (C=N–C) groups is 1. The normalized spacial score (nSPS) is 11.3. The van der Waals surface area contributed by atoms with E-state index in [4.69, 9.17) is 0 Å². The number of hydrogen-bond donors (Lipinski definition) is 0. The number of rotatable bonds is 2. The van der Waals surface area contributed by atoms with Crippen molar-refractivity contribution in [2.45, 2.75) is 27.2 Å². The summed E-state index contributed by atoms with van der Waals surface area (Å²) in [5.41, 5.74) is 2.35. The molecule has 0 amide bonds. The molecule has 52 valence electrons. The first-order valence-electron chi connectivity index (χ1n) is 3.12. The summed E-state index contributed by atoms with van der Waals surface area (Å²) in [5.74, 6) is 0. The van der Waals surface area contributed by atoms with Gasteiger partial charge in [-0.1, -0.05) is 21.7 Å². The van der Waals surface area contributed by atoms with Gasteiger partial charge in [-0.15, -0.1) is 0 Å². The molecule has 0 aromatic carbocycles. The lowest BCUT2D eigenvalue weighted by atomic mass is 10.4. The fraction of sp³-hybridized carbons (Fsp3) is 0.571. The molecule has 0 bridgehead atoms. The van der Waals surface area contributed by atoms with Crippen LogP contribution in [0.2, 0.25) is 0 Å². The molecular formula is C7H14NP. The zero-order chi connectivity index (χ0) is 7.28. The predicted octanol–water partition coefficient (Wildman–Crippen LogP) is 2.59. The van der Waals surface area contributed by atoms with Crippen molar-refractivity contribution in [1.82, 2.24) is 0 Å². The smallest absolute Gasteiger partial charge is 0.0343 e. The van der Waals surface area contributed by atoms with E-state index in [1.54, 1.807) is 0 Å². The molecule has 0 aromatic heterocycles. The summed E-state index contributed by atoms with van der Waals surface area (Å²) in [6.07, 6.45) is 2.89. The Labute approximate surface area is 59.5 Å². The Kier molecular flexibility index (Phi) is 4.61. The summed E-state index contributed by atoms with van der Waals surface area (Å²) in [7, 11) is 2.61. The zero-order valence-electron chi connectivity index (χ0n) is 6.31. The van der Waals surface area contributed by atoms with E-state index in [0.29, 0.717) is 0 Å². The number of hydrogen-bond acceptors (Lipinski definition) is 1. The minimum atomic E-state index is 1.01. The first-order chi connectivity index (χ1) is 4.16. The van der Waals surface area contributed by atoms with Crippen LogP contribution >= 0.6 is 9.24 Å². The molecule has 0 saturated heterocycles. The highest BCUT2D eigenvalue weighted by molar-refractivity contribution is 7.40. The first-order valence-corrected chi connectivity index (χ1v) is 3.70. The highest BCUT2D eigenvalue weighted by Gasteiger charge is 1.80. The van der Waals surface area contributed by atoms with Crippen LogP contribution in [-0.2, 0) is 0 Å². The van der Waals surface area contributed by atoms with Crippen molar-refractivity contribution in [3.63, 3.8) is 0 Å². The molecule has 0 aliphatic rings. The van der Waals surface area contributed by atoms with E-state index in [-0.39, 0.29) is 0 Å². The highest BCUT2D eigenvalue weighted by Crippen LogP contribution is 1.97. The first kappa shape index (κ1) is 8.84. The van der Waals surface area contributed by atoms with Gasteiger partial charge in [-0.2, -0.15) is 0 Å². The van der Waals surface area contributed by atoms with Crippen molar-refractivity contribution >= 4 is 14.7 Å². The van der Waals surface area contributed by atoms with E-state index in [9.17, 15) is 0 Å². The fourth-order valence-corrected chi connectivity index (χ4v) is 0.378. The summed E-state index contributed by atoms with van der Waals surface area (Å²) in [6.45, 7) is 6.17. The molecule has 0 fully saturated rings. The van der Waals surface area contributed by atoms with Gasteiger partial charge in [-0.05, 0) is 20.3 Å². The molecule has 0 radical (unpaired) electrons. The molecule has 0 heterocycles. The lowest BCUT2D eigenvalue weighted by molar-refractivity contribution is 1.28. The van der Waals surface area contributed by atoms with Gasteiger partial charge >= 0.3 is 0 Å². The van der Waals surface area contributed by atoms with E-state index in [0.717, 1.165) is 11.9 Å². The summed E-state index contributed by atoms with van der Waals surface area (Å²) in [6, 6.07) is 0. The highest BCUT2D eigenvalue weighted by atomic mass is 31.0. The van der Waals surface area contributed by atoms with Gasteiger partial charge in [0, 0.05) is 11.7 Å². The maximum absolute atomic E-state index is 4.16. The maximum atomic E-state index is 4.16. The van der Waals surface area contributed by atoms with Crippen molar-refractivity contribution in [2.24, 2.45) is 4.99 Å². The Bertz CT molecular complexity index is 132. The van der Waals surface area contributed by atoms with E-state index in [1.807, 2.05) is 20.0 Å². The molecule has 1 nitrogen and oxygen atoms in total. The molecule has 0 aromatic rings. The van der Waals surface area contributed by atoms with E-state index >= 15 is 0 Å². The van der Waals surface area contributed by atoms with E-state index in [2.05, 4.69) is 21.2 Å². The van der Waals surface area contributed by atoms with Gasteiger partial charge in [0.2, 0.25) is 0 Å². The third-order valence-corrected chi connectivity index (χ3v) is 1.41. The molecular weight excluding hydrogens is 129 g/mol. The minimum absolute atomic E-state index is 1.01. The van der Waals surface area contributed by atoms with Crippen LogP contribution in [0.4, 0.5) is 0 Å². The van der Waals surface area contributed by atoms with Gasteiger partial charge in [0.05, 0.1) is 0 Å². The molecule has 0 aliphatic carbocycles. The van der Waals surface area contributed by atoms with Crippen LogP contribution in [-0.4, -0.2) is 5.45 Å². The second-order valence-corrected chi connectivity index (χ2v) is 2.85. The van der Waals surface area contributed by atoms with Crippen LogP contribution in [0.25, 0.3) is 0 Å². The Morgan fingerprint density at radius 2 is 2.11 bits per heavy atom. The summed E-state index contributed by atoms with van der Waals surface area (Å²) in [4.78, 5) is 4.16. The Hall–Kier alpha value is -0.160. The van der Waals surface area contributed by atoms with Crippen molar-refractivity contribution in [1.29, 1.82) is 0 Å². The van der Waals surface area contributed by atoms with Gasteiger partial charge in [0.25, 0.3) is 0 Å². The largest absolute Gasteiger partial charge is 0.262 e. The van der Waals surface area contributed by atoms with Crippen LogP contribution in [0.15, 0.2) is 16.8 Å². The quantitative estimate of drug-likeness (QED) is 0.416. The lowest BCUT2D eigenvalue weighted by Crippen LogP contribution is -1.78. The Balaban J connectivity index is 3.83. The average Bonchev–Trinajstić information content (AvgIpc) is 1.83. The Morgan fingerprint density at radius 3 is 2.44 bits per heavy atom. The monoisotopic (exact) mass is 143 g/mol. The third kappa shape index (κ3) is 5.72. The third-order valence-electron chi connectivity index (χ3n) is 0.851. The second-order valence-electron chi connectivity index (χ2n) is 2.18. The van der Waals surface area contributed by atoms with Crippen molar-refractivity contribution in [3.8, 4) is 0 Å². The predicted molar refractivity (Wildman–Crippen MR) is 46.9 cm³/mol. The van der Waals surface area contributed by atoms with Crippen LogP contribution in [0, 0.1) is 0 Å². The molecule has 0 rings (SSSR count). The number of allylic oxidation sites excluding steroid dienone is 1. The second kappa shape index (κ2) is 4.69. The van der Waals surface area contributed by atoms with Gasteiger partial charge in [-0.25, -0.2) is 0 Å². The lowest BCUT2D eigenvalue weighted by Gasteiger charge is -1.89. The fourth-order valence-electron chi connectivity index (χ4n) is 0.303. The maximum Gasteiger partial charge on any atom is 0.0343 e. The topological polar surface area (TPSA) is 12.4 Å². The van der Waals surface area contributed by atoms with E-state index in [1.165, 1.54) is 5.57 Å². The van der Waals surface area contributed by atoms with Crippen molar-refractivity contribution < 1.29 is 0 Å². The molecule has 9 heavy (non-hydrogen) atoms. The summed E-state index contributed by atoms with van der Waals surface area (Å²) in [5, 5.41) is 0. The molecule has 2 heteroatoms. The van der Waals surface area contributed by atoms with Gasteiger partial charge in [-0.3, -0.25) is 4.99 Å². The molecule has 0 saturated carbocycles. The SMILES string of the molecule is CCC(P)=NC=C(C)C. The van der Waals surface area contributed by atoms with Gasteiger partial charge < -0.3 is 0 Å². The molecule has 0 spiro atoms. The average molecular weight is 143 g/mol. The molecule has 0 aliphatic heterocycles. The van der Waals surface area contributed by atoms with Gasteiger partial charge in [0.1, 0.15) is 0 Å². The van der Waals surface area contributed by atoms with Crippen molar-refractivity contribution in [2.75, 3.05) is 0 Å².